The molecule has 13 nitrogen and oxygen atoms in total. The number of aryl methyl sites for hydroxylation is 2. The lowest BCUT2D eigenvalue weighted by Crippen LogP contribution is -2.50. The van der Waals surface area contributed by atoms with E-state index in [1.165, 1.54) is 27.9 Å². The molecule has 2 aromatic rings. The van der Waals surface area contributed by atoms with E-state index >= 15 is 0 Å². The number of carbonyl (C=O) groups is 7. The summed E-state index contributed by atoms with van der Waals surface area (Å²) in [5.74, 6) is -0.656. The molecule has 7 unspecified atom stereocenters. The molecule has 0 bridgehead atoms. The number of carbonyl (C=O) groups excluding carboxylic acids is 7. The number of ether oxygens (including phenoxy) is 3. The van der Waals surface area contributed by atoms with Crippen LogP contribution in [-0.2, 0) is 47.8 Å². The number of allylic oxidation sites excluding steroid dienone is 1. The van der Waals surface area contributed by atoms with E-state index in [4.69, 9.17) is 14.2 Å². The SMILES string of the molecule is CC.CC.CC.CC/C=C(/COC(=O)C(C)CC(C)C)N(C)C(CC(C)C)C(=O)OC(C)C=O.CCCC(=O)C(C)OC(=O)C(CC(C)C)N(C)C(=O)CN(C)C(=O)C(CC(C)C)C(C)CC.Cc1ccccc1.Cc1ccccc1. The molecule has 2 amide bonds. The number of amides is 2. The second kappa shape index (κ2) is 51.5. The summed E-state index contributed by atoms with van der Waals surface area (Å²) in [5.41, 5.74) is 3.40. The first-order chi connectivity index (χ1) is 38.1. The van der Waals surface area contributed by atoms with Gasteiger partial charge in [-0.3, -0.25) is 24.0 Å². The minimum atomic E-state index is -0.841. The van der Waals surface area contributed by atoms with Crippen LogP contribution in [0.2, 0.25) is 0 Å². The number of esters is 3. The van der Waals surface area contributed by atoms with Crippen LogP contribution in [0.15, 0.2) is 72.4 Å². The summed E-state index contributed by atoms with van der Waals surface area (Å²) in [6.45, 7) is 45.5. The Morgan fingerprint density at radius 3 is 1.33 bits per heavy atom. The van der Waals surface area contributed by atoms with E-state index in [1.54, 1.807) is 28.1 Å². The molecule has 0 aromatic heterocycles. The number of nitrogens with zero attached hydrogens (tertiary/aromatic N) is 3. The zero-order chi connectivity index (χ0) is 64.0. The molecule has 0 aliphatic carbocycles. The van der Waals surface area contributed by atoms with E-state index in [1.807, 2.05) is 137 Å². The van der Waals surface area contributed by atoms with E-state index in [0.717, 1.165) is 31.4 Å². The molecule has 0 saturated carbocycles. The third-order valence-corrected chi connectivity index (χ3v) is 12.5. The monoisotopic (exact) mass is 1140 g/mol. The van der Waals surface area contributed by atoms with Gasteiger partial charge in [-0.25, -0.2) is 9.59 Å². The molecule has 7 atom stereocenters. The summed E-state index contributed by atoms with van der Waals surface area (Å²) in [6.07, 6.45) is 6.11. The van der Waals surface area contributed by atoms with Crippen molar-refractivity contribution in [2.75, 3.05) is 34.3 Å². The highest BCUT2D eigenvalue weighted by molar-refractivity contribution is 5.90. The quantitative estimate of drug-likeness (QED) is 0.0454. The van der Waals surface area contributed by atoms with Crippen molar-refractivity contribution in [2.45, 2.75) is 235 Å². The summed E-state index contributed by atoms with van der Waals surface area (Å²) < 4.78 is 16.2. The molecular formula is C68H121N3O10. The fourth-order valence-electron chi connectivity index (χ4n) is 7.89. The summed E-state index contributed by atoms with van der Waals surface area (Å²) >= 11 is 0. The van der Waals surface area contributed by atoms with Gasteiger partial charge in [0.25, 0.3) is 0 Å². The number of likely N-dealkylation sites (N-methyl/N-ethyl adjacent to an activating group) is 3. The Hall–Kier alpha value is -5.33. The van der Waals surface area contributed by atoms with Crippen molar-refractivity contribution >= 4 is 41.8 Å². The maximum atomic E-state index is 13.1. The Morgan fingerprint density at radius 1 is 0.556 bits per heavy atom. The molecule has 0 N–H and O–H groups in total. The third-order valence-electron chi connectivity index (χ3n) is 12.5. The second-order valence-corrected chi connectivity index (χ2v) is 21.8. The number of hydrogen-bond donors (Lipinski definition) is 0. The molecule has 468 valence electrons. The molecule has 2 rings (SSSR count). The molecule has 0 heterocycles. The van der Waals surface area contributed by atoms with Crippen molar-refractivity contribution in [2.24, 2.45) is 41.4 Å². The highest BCUT2D eigenvalue weighted by atomic mass is 16.6. The number of hydrogen-bond acceptors (Lipinski definition) is 11. The Kier molecular flexibility index (Phi) is 53.8. The lowest BCUT2D eigenvalue weighted by molar-refractivity contribution is -0.162. The fourth-order valence-corrected chi connectivity index (χ4v) is 7.89. The maximum Gasteiger partial charge on any atom is 0.329 e. The van der Waals surface area contributed by atoms with Crippen LogP contribution in [0.5, 0.6) is 0 Å². The first-order valence-corrected chi connectivity index (χ1v) is 30.6. The lowest BCUT2D eigenvalue weighted by atomic mass is 9.84. The molecule has 0 aliphatic rings. The largest absolute Gasteiger partial charge is 0.459 e. The van der Waals surface area contributed by atoms with Gasteiger partial charge in [0, 0.05) is 39.2 Å². The Labute approximate surface area is 496 Å². The van der Waals surface area contributed by atoms with Gasteiger partial charge >= 0.3 is 17.9 Å². The van der Waals surface area contributed by atoms with Gasteiger partial charge in [0.05, 0.1) is 12.5 Å². The molecule has 2 aromatic carbocycles. The van der Waals surface area contributed by atoms with Gasteiger partial charge in [0.1, 0.15) is 18.7 Å². The smallest absolute Gasteiger partial charge is 0.329 e. The van der Waals surface area contributed by atoms with Crippen molar-refractivity contribution in [1.29, 1.82) is 0 Å². The van der Waals surface area contributed by atoms with Gasteiger partial charge in [0.15, 0.2) is 24.3 Å². The molecule has 0 saturated heterocycles. The predicted molar refractivity (Wildman–Crippen MR) is 338 cm³/mol. The molecular weight excluding hydrogens is 1020 g/mol. The Morgan fingerprint density at radius 2 is 0.975 bits per heavy atom. The maximum absolute atomic E-state index is 13.1. The zero-order valence-corrected chi connectivity index (χ0v) is 56.3. The predicted octanol–water partition coefficient (Wildman–Crippen LogP) is 15.4. The van der Waals surface area contributed by atoms with Gasteiger partial charge in [-0.1, -0.05) is 216 Å². The molecule has 81 heavy (non-hydrogen) atoms. The average molecular weight is 1140 g/mol. The summed E-state index contributed by atoms with van der Waals surface area (Å²) in [5, 5.41) is 0. The van der Waals surface area contributed by atoms with Gasteiger partial charge < -0.3 is 28.9 Å². The van der Waals surface area contributed by atoms with Crippen LogP contribution in [0.4, 0.5) is 0 Å². The Bertz CT molecular complexity index is 1910. The van der Waals surface area contributed by atoms with Crippen LogP contribution in [0, 0.1) is 55.3 Å². The highest BCUT2D eigenvalue weighted by Crippen LogP contribution is 2.26. The van der Waals surface area contributed by atoms with Gasteiger partial charge in [-0.15, -0.1) is 0 Å². The van der Waals surface area contributed by atoms with Crippen molar-refractivity contribution in [3.05, 3.63) is 83.6 Å². The number of benzene rings is 2. The number of ketones is 1. The first-order valence-electron chi connectivity index (χ1n) is 30.6. The van der Waals surface area contributed by atoms with Gasteiger partial charge in [-0.2, -0.15) is 0 Å². The minimum Gasteiger partial charge on any atom is -0.459 e. The Balaban J connectivity index is -0.000000355. The summed E-state index contributed by atoms with van der Waals surface area (Å²) in [6, 6.07) is 19.2. The second-order valence-electron chi connectivity index (χ2n) is 21.8. The topological polar surface area (TPSA) is 157 Å². The zero-order valence-electron chi connectivity index (χ0n) is 56.3. The van der Waals surface area contributed by atoms with E-state index < -0.39 is 36.2 Å². The molecule has 0 aliphatic heterocycles. The van der Waals surface area contributed by atoms with Gasteiger partial charge in [-0.05, 0) is 95.8 Å². The third kappa shape index (κ3) is 41.3. The number of aldehydes is 1. The lowest BCUT2D eigenvalue weighted by Gasteiger charge is -2.32. The molecule has 0 spiro atoms. The van der Waals surface area contributed by atoms with Crippen LogP contribution in [-0.4, -0.2) is 115 Å². The normalized spacial score (nSPS) is 13.1. The number of Topliss-reactive ketones (excluding diaryl/α,β-unsaturated/α-hetero) is 1. The minimum absolute atomic E-state index is 0.0402. The van der Waals surface area contributed by atoms with E-state index in [-0.39, 0.29) is 66.3 Å². The van der Waals surface area contributed by atoms with Crippen molar-refractivity contribution in [3.63, 3.8) is 0 Å². The van der Waals surface area contributed by atoms with E-state index in [9.17, 15) is 33.6 Å². The van der Waals surface area contributed by atoms with Crippen LogP contribution in [0.1, 0.15) is 208 Å². The van der Waals surface area contributed by atoms with Crippen molar-refractivity contribution in [3.8, 4) is 0 Å². The van der Waals surface area contributed by atoms with Crippen LogP contribution in [0.25, 0.3) is 0 Å². The summed E-state index contributed by atoms with van der Waals surface area (Å²) in [7, 11) is 5.01. The molecule has 0 fully saturated rings. The highest BCUT2D eigenvalue weighted by Gasteiger charge is 2.34. The average Bonchev–Trinajstić information content (AvgIpc) is 3.43. The van der Waals surface area contributed by atoms with Crippen molar-refractivity contribution in [1.82, 2.24) is 14.7 Å². The first kappa shape index (κ1) is 84.5. The van der Waals surface area contributed by atoms with Crippen LogP contribution in [0.3, 0.4) is 0 Å². The van der Waals surface area contributed by atoms with E-state index in [2.05, 4.69) is 79.7 Å². The fraction of sp³-hybridized carbons (Fsp3) is 0.691. The van der Waals surface area contributed by atoms with Crippen LogP contribution >= 0.6 is 0 Å². The molecule has 0 radical (unpaired) electrons. The standard InChI is InChI=1S/C26H48N2O5.C22H39NO5.2C7H8.3C2H6/c1-11-13-23(29)20(8)33-26(32)22(15-18(5)6)28(10)24(30)16-27(9)25(31)21(14-17(3)4)19(7)12-2;1-9-10-19(14-27-21(25)17(6)11-15(2)3)23(8)20(12-16(4)5)22(26)28-18(7)13-24;2*1-7-5-3-2-4-6-7;3*1-2/h17-22H,11-16H2,1-10H3;10,13,15-18,20H,9,11-12,14H2,1-8H3;2*2-6H,1H3;3*1-2H3/b;19-10-;;;;;. The van der Waals surface area contributed by atoms with Crippen LogP contribution < -0.4 is 0 Å². The van der Waals surface area contributed by atoms with Crippen molar-refractivity contribution < 1.29 is 47.8 Å². The molecule has 13 heteroatoms. The summed E-state index contributed by atoms with van der Waals surface area (Å²) in [4.78, 5) is 91.5. The van der Waals surface area contributed by atoms with Gasteiger partial charge in [0.2, 0.25) is 11.8 Å². The number of rotatable bonds is 28. The van der Waals surface area contributed by atoms with E-state index in [0.29, 0.717) is 43.8 Å².